The van der Waals surface area contributed by atoms with Crippen molar-refractivity contribution in [3.05, 3.63) is 95.1 Å². The van der Waals surface area contributed by atoms with Crippen LogP contribution in [0.2, 0.25) is 0 Å². The number of fused-ring (bicyclic) bond motifs is 5. The number of benzene rings is 3. The zero-order valence-corrected chi connectivity index (χ0v) is 15.8. The number of carbonyl (C=O) groups is 1. The van der Waals surface area contributed by atoms with Crippen molar-refractivity contribution in [2.45, 2.75) is 19.1 Å². The first-order valence-corrected chi connectivity index (χ1v) is 9.64. The number of methoxy groups -OCH3 is 1. The number of hydrogen-bond donors (Lipinski definition) is 0. The third-order valence-corrected chi connectivity index (χ3v) is 5.78. The highest BCUT2D eigenvalue weighted by atomic mass is 16.5. The maximum absolute atomic E-state index is 13.5. The highest BCUT2D eigenvalue weighted by molar-refractivity contribution is 6.02. The van der Waals surface area contributed by atoms with Gasteiger partial charge in [-0.3, -0.25) is 4.79 Å². The smallest absolute Gasteiger partial charge is 0.258 e. The van der Waals surface area contributed by atoms with Gasteiger partial charge in [0.15, 0.2) is 0 Å². The Bertz CT molecular complexity index is 1050. The molecular formula is C24H22N2O2. The Kier molecular flexibility index (Phi) is 4.05. The van der Waals surface area contributed by atoms with Crippen molar-refractivity contribution in [1.82, 2.24) is 4.90 Å². The van der Waals surface area contributed by atoms with E-state index in [0.717, 1.165) is 35.5 Å². The fraction of sp³-hybridized carbons (Fsp3) is 0.208. The lowest BCUT2D eigenvalue weighted by Gasteiger charge is -2.48. The van der Waals surface area contributed by atoms with Crippen LogP contribution in [0.4, 0.5) is 5.69 Å². The van der Waals surface area contributed by atoms with Crippen LogP contribution >= 0.6 is 0 Å². The van der Waals surface area contributed by atoms with E-state index in [4.69, 9.17) is 4.74 Å². The molecule has 0 aromatic heterocycles. The second kappa shape index (κ2) is 6.71. The Balaban J connectivity index is 1.65. The van der Waals surface area contributed by atoms with E-state index in [-0.39, 0.29) is 12.1 Å². The molecule has 0 fully saturated rings. The first-order valence-electron chi connectivity index (χ1n) is 9.64. The Morgan fingerprint density at radius 1 is 0.964 bits per heavy atom. The first-order chi connectivity index (χ1) is 13.8. The topological polar surface area (TPSA) is 32.8 Å². The molecule has 140 valence electrons. The van der Waals surface area contributed by atoms with Crippen LogP contribution in [-0.4, -0.2) is 24.5 Å². The Morgan fingerprint density at radius 2 is 1.71 bits per heavy atom. The van der Waals surface area contributed by atoms with Gasteiger partial charge in [0.2, 0.25) is 0 Å². The van der Waals surface area contributed by atoms with Crippen LogP contribution in [0.25, 0.3) is 0 Å². The Labute approximate surface area is 165 Å². The SMILES string of the molecule is COc1ccccc1CN1C(=O)c2ccccc2N2CCc3ccccc3C12. The van der Waals surface area contributed by atoms with Gasteiger partial charge in [0.1, 0.15) is 11.9 Å². The summed E-state index contributed by atoms with van der Waals surface area (Å²) in [7, 11) is 1.67. The number of carbonyl (C=O) groups excluding carboxylic acids is 1. The number of anilines is 1. The van der Waals surface area contributed by atoms with Gasteiger partial charge in [-0.05, 0) is 35.7 Å². The van der Waals surface area contributed by atoms with Crippen LogP contribution in [0.3, 0.4) is 0 Å². The van der Waals surface area contributed by atoms with Gasteiger partial charge in [0.05, 0.1) is 24.9 Å². The van der Waals surface area contributed by atoms with Gasteiger partial charge in [0, 0.05) is 12.1 Å². The van der Waals surface area contributed by atoms with Crippen molar-refractivity contribution in [3.8, 4) is 5.75 Å². The normalized spacial score (nSPS) is 17.6. The van der Waals surface area contributed by atoms with E-state index in [2.05, 4.69) is 35.2 Å². The van der Waals surface area contributed by atoms with Crippen LogP contribution in [0.15, 0.2) is 72.8 Å². The van der Waals surface area contributed by atoms with Crippen molar-refractivity contribution in [1.29, 1.82) is 0 Å². The van der Waals surface area contributed by atoms with Gasteiger partial charge < -0.3 is 14.5 Å². The molecule has 0 radical (unpaired) electrons. The molecule has 1 unspecified atom stereocenters. The molecule has 5 rings (SSSR count). The van der Waals surface area contributed by atoms with E-state index < -0.39 is 0 Å². The predicted octanol–water partition coefficient (Wildman–Crippen LogP) is 4.41. The highest BCUT2D eigenvalue weighted by Gasteiger charge is 2.41. The second-order valence-electron chi connectivity index (χ2n) is 7.28. The predicted molar refractivity (Wildman–Crippen MR) is 110 cm³/mol. The lowest BCUT2D eigenvalue weighted by Crippen LogP contribution is -2.51. The molecule has 0 saturated heterocycles. The fourth-order valence-corrected chi connectivity index (χ4v) is 4.48. The van der Waals surface area contributed by atoms with E-state index in [1.54, 1.807) is 7.11 Å². The molecule has 0 saturated carbocycles. The summed E-state index contributed by atoms with van der Waals surface area (Å²) in [6.45, 7) is 1.40. The van der Waals surface area contributed by atoms with Crippen LogP contribution in [-0.2, 0) is 13.0 Å². The Morgan fingerprint density at radius 3 is 2.61 bits per heavy atom. The summed E-state index contributed by atoms with van der Waals surface area (Å²) in [6.07, 6.45) is 0.884. The minimum absolute atomic E-state index is 0.0689. The summed E-state index contributed by atoms with van der Waals surface area (Å²) >= 11 is 0. The van der Waals surface area contributed by atoms with E-state index in [9.17, 15) is 4.79 Å². The van der Waals surface area contributed by atoms with Crippen LogP contribution in [0.5, 0.6) is 5.75 Å². The zero-order valence-electron chi connectivity index (χ0n) is 15.8. The van der Waals surface area contributed by atoms with Crippen molar-refractivity contribution < 1.29 is 9.53 Å². The molecule has 0 aliphatic carbocycles. The van der Waals surface area contributed by atoms with Crippen LogP contribution in [0.1, 0.15) is 33.2 Å². The second-order valence-corrected chi connectivity index (χ2v) is 7.28. The lowest BCUT2D eigenvalue weighted by molar-refractivity contribution is 0.0620. The van der Waals surface area contributed by atoms with Crippen LogP contribution < -0.4 is 9.64 Å². The standard InChI is InChI=1S/C24H22N2O2/c1-28-22-13-7-3-9-18(22)16-26-23-19-10-4-2-8-17(19)14-15-25(23)21-12-6-5-11-20(21)24(26)27/h2-13,23H,14-16H2,1H3. The molecule has 1 atom stereocenters. The third kappa shape index (κ3) is 2.56. The van der Waals surface area contributed by atoms with E-state index >= 15 is 0 Å². The summed E-state index contributed by atoms with van der Waals surface area (Å²) < 4.78 is 5.55. The van der Waals surface area contributed by atoms with E-state index in [1.807, 2.05) is 47.4 Å². The van der Waals surface area contributed by atoms with Gasteiger partial charge in [-0.25, -0.2) is 0 Å². The molecule has 28 heavy (non-hydrogen) atoms. The summed E-state index contributed by atoms with van der Waals surface area (Å²) in [4.78, 5) is 17.9. The maximum atomic E-state index is 13.5. The van der Waals surface area contributed by atoms with E-state index in [0.29, 0.717) is 6.54 Å². The number of hydrogen-bond acceptors (Lipinski definition) is 3. The van der Waals surface area contributed by atoms with Gasteiger partial charge in [-0.15, -0.1) is 0 Å². The minimum Gasteiger partial charge on any atom is -0.496 e. The minimum atomic E-state index is -0.0998. The summed E-state index contributed by atoms with van der Waals surface area (Å²) in [5, 5.41) is 0. The molecule has 2 heterocycles. The average Bonchev–Trinajstić information content (AvgIpc) is 2.76. The molecule has 3 aromatic carbocycles. The maximum Gasteiger partial charge on any atom is 0.258 e. The molecule has 4 nitrogen and oxygen atoms in total. The molecule has 3 aromatic rings. The number of ether oxygens (including phenoxy) is 1. The molecule has 0 bridgehead atoms. The largest absolute Gasteiger partial charge is 0.496 e. The van der Waals surface area contributed by atoms with Crippen LogP contribution in [0, 0.1) is 0 Å². The molecule has 2 aliphatic heterocycles. The molecular weight excluding hydrogens is 348 g/mol. The Hall–Kier alpha value is -3.27. The van der Waals surface area contributed by atoms with E-state index in [1.165, 1.54) is 11.1 Å². The number of rotatable bonds is 3. The number of para-hydroxylation sites is 2. The number of amides is 1. The summed E-state index contributed by atoms with van der Waals surface area (Å²) in [6, 6.07) is 24.4. The lowest BCUT2D eigenvalue weighted by atomic mass is 9.91. The van der Waals surface area contributed by atoms with Gasteiger partial charge in [-0.2, -0.15) is 0 Å². The molecule has 0 spiro atoms. The first kappa shape index (κ1) is 16.9. The van der Waals surface area contributed by atoms with Gasteiger partial charge in [-0.1, -0.05) is 54.6 Å². The third-order valence-electron chi connectivity index (χ3n) is 5.78. The summed E-state index contributed by atoms with van der Waals surface area (Å²) in [5.41, 5.74) is 5.35. The highest BCUT2D eigenvalue weighted by Crippen LogP contribution is 2.43. The van der Waals surface area contributed by atoms with Crippen molar-refractivity contribution in [3.63, 3.8) is 0 Å². The zero-order chi connectivity index (χ0) is 19.1. The molecule has 1 amide bonds. The van der Waals surface area contributed by atoms with Gasteiger partial charge >= 0.3 is 0 Å². The van der Waals surface area contributed by atoms with Crippen molar-refractivity contribution in [2.75, 3.05) is 18.6 Å². The quantitative estimate of drug-likeness (QED) is 0.685. The molecule has 4 heteroatoms. The molecule has 0 N–H and O–H groups in total. The molecule has 2 aliphatic rings. The van der Waals surface area contributed by atoms with Crippen molar-refractivity contribution >= 4 is 11.6 Å². The summed E-state index contributed by atoms with van der Waals surface area (Å²) in [5.74, 6) is 0.879. The average molecular weight is 370 g/mol. The van der Waals surface area contributed by atoms with Crippen molar-refractivity contribution in [2.24, 2.45) is 0 Å². The fourth-order valence-electron chi connectivity index (χ4n) is 4.48. The number of nitrogens with zero attached hydrogens (tertiary/aromatic N) is 2. The monoisotopic (exact) mass is 370 g/mol. The van der Waals surface area contributed by atoms with Gasteiger partial charge in [0.25, 0.3) is 5.91 Å².